The molecule has 10 rings (SSSR count). The van der Waals surface area contributed by atoms with Gasteiger partial charge in [0.25, 0.3) is 0 Å². The van der Waals surface area contributed by atoms with Crippen molar-refractivity contribution in [2.45, 2.75) is 0 Å². The molecule has 0 atom stereocenters. The Morgan fingerprint density at radius 1 is 0.250 bits per heavy atom. The second-order valence-corrected chi connectivity index (χ2v) is 13.4. The van der Waals surface area contributed by atoms with E-state index in [0.717, 1.165) is 45.3 Å². The topological polar surface area (TPSA) is 36.9 Å². The predicted molar refractivity (Wildman–Crippen MR) is 215 cm³/mol. The highest BCUT2D eigenvalue weighted by atomic mass is 16.5. The summed E-state index contributed by atoms with van der Waals surface area (Å²) in [6.07, 6.45) is 0. The van der Waals surface area contributed by atoms with Gasteiger partial charge in [-0.2, -0.15) is 0 Å². The fraction of sp³-hybridized carbons (Fsp3) is 0.0833. The van der Waals surface area contributed by atoms with Crippen molar-refractivity contribution in [2.24, 2.45) is 0 Å². The summed E-state index contributed by atoms with van der Waals surface area (Å²) >= 11 is 0. The van der Waals surface area contributed by atoms with Crippen LogP contribution in [-0.4, -0.2) is 28.4 Å². The van der Waals surface area contributed by atoms with Crippen LogP contribution in [0.2, 0.25) is 0 Å². The number of hydrogen-bond donors (Lipinski definition) is 0. The van der Waals surface area contributed by atoms with E-state index in [1.54, 1.807) is 28.4 Å². The van der Waals surface area contributed by atoms with Gasteiger partial charge in [0.05, 0.1) is 28.4 Å². The lowest BCUT2D eigenvalue weighted by Crippen LogP contribution is -1.93. The van der Waals surface area contributed by atoms with E-state index in [0.29, 0.717) is 0 Å². The minimum absolute atomic E-state index is 0.834. The van der Waals surface area contributed by atoms with Crippen molar-refractivity contribution in [2.75, 3.05) is 28.4 Å². The Morgan fingerprint density at radius 2 is 0.481 bits per heavy atom. The smallest absolute Gasteiger partial charge is 0.118 e. The molecule has 0 N–H and O–H groups in total. The Hall–Kier alpha value is -6.52. The molecule has 52 heavy (non-hydrogen) atoms. The molecule has 0 aliphatic rings. The summed E-state index contributed by atoms with van der Waals surface area (Å²) in [5.41, 5.74) is 9.43. The molecule has 4 nitrogen and oxygen atoms in total. The molecule has 0 saturated carbocycles. The van der Waals surface area contributed by atoms with E-state index in [1.807, 2.05) is 0 Å². The third kappa shape index (κ3) is 4.21. The average molecular weight is 675 g/mol. The van der Waals surface area contributed by atoms with E-state index in [1.165, 1.54) is 76.1 Å². The van der Waals surface area contributed by atoms with Crippen molar-refractivity contribution in [1.29, 1.82) is 0 Å². The molecule has 0 bridgehead atoms. The molecule has 0 aliphatic carbocycles. The van der Waals surface area contributed by atoms with Gasteiger partial charge in [0.2, 0.25) is 0 Å². The van der Waals surface area contributed by atoms with Crippen LogP contribution >= 0.6 is 0 Å². The second-order valence-electron chi connectivity index (χ2n) is 13.4. The molecule has 0 saturated heterocycles. The molecule has 0 unspecified atom stereocenters. The molecule has 0 spiro atoms. The Balaban J connectivity index is 1.42. The maximum Gasteiger partial charge on any atom is 0.118 e. The fourth-order valence-electron chi connectivity index (χ4n) is 8.66. The zero-order valence-electron chi connectivity index (χ0n) is 29.3. The van der Waals surface area contributed by atoms with Gasteiger partial charge in [-0.1, -0.05) is 84.9 Å². The van der Waals surface area contributed by atoms with E-state index in [9.17, 15) is 0 Å². The Kier molecular flexibility index (Phi) is 6.71. The van der Waals surface area contributed by atoms with Gasteiger partial charge in [-0.15, -0.1) is 0 Å². The third-order valence-electron chi connectivity index (χ3n) is 11.0. The summed E-state index contributed by atoms with van der Waals surface area (Å²) in [4.78, 5) is 0. The molecule has 10 aromatic rings. The van der Waals surface area contributed by atoms with Gasteiger partial charge in [-0.05, 0) is 147 Å². The van der Waals surface area contributed by atoms with Crippen molar-refractivity contribution in [3.8, 4) is 67.5 Å². The lowest BCUT2D eigenvalue weighted by atomic mass is 9.83. The number of methoxy groups -OCH3 is 4. The van der Waals surface area contributed by atoms with E-state index in [2.05, 4.69) is 133 Å². The summed E-state index contributed by atoms with van der Waals surface area (Å²) in [6.45, 7) is 0. The first kappa shape index (κ1) is 30.3. The number of ether oxygens (including phenoxy) is 4. The van der Waals surface area contributed by atoms with Crippen LogP contribution in [0.3, 0.4) is 0 Å². The molecule has 4 heteroatoms. The maximum absolute atomic E-state index is 5.60. The van der Waals surface area contributed by atoms with E-state index in [4.69, 9.17) is 18.9 Å². The van der Waals surface area contributed by atoms with Crippen molar-refractivity contribution in [3.05, 3.63) is 133 Å². The zero-order valence-corrected chi connectivity index (χ0v) is 29.3. The minimum atomic E-state index is 0.834. The molecule has 0 fully saturated rings. The van der Waals surface area contributed by atoms with Crippen LogP contribution in [0.15, 0.2) is 133 Å². The normalized spacial score (nSPS) is 11.8. The van der Waals surface area contributed by atoms with Crippen molar-refractivity contribution < 1.29 is 18.9 Å². The van der Waals surface area contributed by atoms with Crippen LogP contribution < -0.4 is 18.9 Å². The van der Waals surface area contributed by atoms with Gasteiger partial charge >= 0.3 is 0 Å². The van der Waals surface area contributed by atoms with Gasteiger partial charge in [-0.3, -0.25) is 0 Å². The van der Waals surface area contributed by atoms with Gasteiger partial charge < -0.3 is 18.9 Å². The van der Waals surface area contributed by atoms with E-state index < -0.39 is 0 Å². The zero-order chi connectivity index (χ0) is 35.1. The summed E-state index contributed by atoms with van der Waals surface area (Å²) < 4.78 is 22.4. The fourth-order valence-corrected chi connectivity index (χ4v) is 8.66. The van der Waals surface area contributed by atoms with Crippen molar-refractivity contribution in [3.63, 3.8) is 0 Å². The Bertz CT molecular complexity index is 2690. The van der Waals surface area contributed by atoms with E-state index >= 15 is 0 Å². The molecule has 250 valence electrons. The van der Waals surface area contributed by atoms with Crippen molar-refractivity contribution >= 4 is 53.9 Å². The largest absolute Gasteiger partial charge is 0.497 e. The van der Waals surface area contributed by atoms with Crippen LogP contribution in [0.5, 0.6) is 23.0 Å². The molecular formula is C48H34O4. The average Bonchev–Trinajstić information content (AvgIpc) is 3.58. The van der Waals surface area contributed by atoms with Crippen molar-refractivity contribution in [1.82, 2.24) is 0 Å². The van der Waals surface area contributed by atoms with Gasteiger partial charge in [0.1, 0.15) is 23.0 Å². The summed E-state index contributed by atoms with van der Waals surface area (Å²) in [5, 5.41) is 12.8. The lowest BCUT2D eigenvalue weighted by Gasteiger charge is -2.20. The number of benzene rings is 9. The minimum Gasteiger partial charge on any atom is -0.497 e. The van der Waals surface area contributed by atoms with Gasteiger partial charge in [0.15, 0.2) is 0 Å². The number of rotatable bonds is 8. The summed E-state index contributed by atoms with van der Waals surface area (Å²) in [7, 11) is 6.86. The molecule has 0 radical (unpaired) electrons. The van der Waals surface area contributed by atoms with Crippen LogP contribution in [0.1, 0.15) is 0 Å². The van der Waals surface area contributed by atoms with Crippen LogP contribution in [0.4, 0.5) is 0 Å². The van der Waals surface area contributed by atoms with Crippen LogP contribution in [-0.2, 0) is 0 Å². The quantitative estimate of drug-likeness (QED) is 0.150. The molecule has 0 aliphatic heterocycles. The standard InChI is InChI=1S/C48H34O4/c1-49-32-15-5-27(6-16-32)40-36-23-13-31-14-24-37-41(28-7-17-33(50-2)18-8-28)43(30-11-21-35(52-4)22-12-30)39-26-25-38(47-45(36)44(31)46(37)48(39)47)42(40)29-9-19-34(51-3)20-10-29/h5-26H,1-4H3. The molecular weight excluding hydrogens is 641 g/mol. The first-order valence-corrected chi connectivity index (χ1v) is 17.5. The Morgan fingerprint density at radius 3 is 0.731 bits per heavy atom. The highest BCUT2D eigenvalue weighted by molar-refractivity contribution is 6.49. The second kappa shape index (κ2) is 11.5. The first-order valence-electron chi connectivity index (χ1n) is 17.5. The SMILES string of the molecule is COc1ccc(-c2c(-c3ccc(OC)cc3)c3ccc4c(-c5ccc(OC)cc5)c(-c5ccc(OC)cc5)c5ccc6ccc2c2c6c5c4c32)cc1. The van der Waals surface area contributed by atoms with Crippen LogP contribution in [0, 0.1) is 0 Å². The van der Waals surface area contributed by atoms with Crippen LogP contribution in [0.25, 0.3) is 98.4 Å². The number of hydrogen-bond acceptors (Lipinski definition) is 4. The monoisotopic (exact) mass is 674 g/mol. The van der Waals surface area contributed by atoms with Gasteiger partial charge in [-0.25, -0.2) is 0 Å². The Labute approximate surface area is 301 Å². The molecule has 0 aromatic heterocycles. The van der Waals surface area contributed by atoms with Gasteiger partial charge in [0, 0.05) is 0 Å². The lowest BCUT2D eigenvalue weighted by molar-refractivity contribution is 0.414. The first-order chi connectivity index (χ1) is 25.6. The molecule has 0 amide bonds. The summed E-state index contributed by atoms with van der Waals surface area (Å²) in [6, 6.07) is 47.9. The highest BCUT2D eigenvalue weighted by Crippen LogP contribution is 2.57. The third-order valence-corrected chi connectivity index (χ3v) is 11.0. The highest BCUT2D eigenvalue weighted by Gasteiger charge is 2.29. The maximum atomic E-state index is 5.60. The predicted octanol–water partition coefficient (Wildman–Crippen LogP) is 12.5. The molecule has 10 aromatic carbocycles. The summed E-state index contributed by atoms with van der Waals surface area (Å²) in [5.74, 6) is 3.34. The van der Waals surface area contributed by atoms with E-state index in [-0.39, 0.29) is 0 Å². The molecule has 0 heterocycles.